The average Bonchev–Trinajstić information content (AvgIpc) is 2.52. The fourth-order valence-electron chi connectivity index (χ4n) is 2.73. The first kappa shape index (κ1) is 25.3. The molecule has 136 valence electrons. The number of rotatable bonds is 15. The predicted octanol–water partition coefficient (Wildman–Crippen LogP) is 5.74. The van der Waals surface area contributed by atoms with E-state index in [1.807, 2.05) is 0 Å². The Bertz CT molecular complexity index is 267. The van der Waals surface area contributed by atoms with Gasteiger partial charge in [0.1, 0.15) is 0 Å². The van der Waals surface area contributed by atoms with Crippen LogP contribution in [-0.2, 0) is 4.79 Å². The van der Waals surface area contributed by atoms with Crippen LogP contribution in [0.1, 0.15) is 104 Å². The van der Waals surface area contributed by atoms with Crippen molar-refractivity contribution < 1.29 is 9.90 Å². The molecule has 0 aliphatic carbocycles. The summed E-state index contributed by atoms with van der Waals surface area (Å²) in [6.45, 7) is 4.45. The molecule has 0 aromatic rings. The van der Waals surface area contributed by atoms with Crippen LogP contribution >= 0.6 is 0 Å². The van der Waals surface area contributed by atoms with E-state index in [2.05, 4.69) is 22.9 Å². The summed E-state index contributed by atoms with van der Waals surface area (Å²) < 4.78 is 7.09. The van der Waals surface area contributed by atoms with E-state index >= 15 is 0 Å². The normalized spacial score (nSPS) is 10.0. The van der Waals surface area contributed by atoms with Crippen molar-refractivity contribution in [2.45, 2.75) is 104 Å². The Morgan fingerprint density at radius 2 is 1.09 bits per heavy atom. The van der Waals surface area contributed by atoms with Crippen molar-refractivity contribution in [2.24, 2.45) is 5.92 Å². The van der Waals surface area contributed by atoms with Gasteiger partial charge in [0, 0.05) is 0 Å². The molecule has 0 rings (SSSR count). The second-order valence-electron chi connectivity index (χ2n) is 6.40. The molecule has 0 saturated carbocycles. The summed E-state index contributed by atoms with van der Waals surface area (Å²) in [6.07, 6.45) is 16.7. The molecule has 2 nitrogen and oxygen atoms in total. The molecule has 0 aromatic carbocycles. The standard InChI is InChI=1S/C18H36O2.2CH2.Sn/c1-3-5-7-9-11-13-15-17(18(19)20)16-14-12-10-8-6-4-2;;;/h17H,3-16H2,1-2H3,(H,19,20);2*1H2;. The van der Waals surface area contributed by atoms with Gasteiger partial charge in [0.15, 0.2) is 0 Å². The number of unbranched alkanes of at least 4 members (excludes halogenated alkanes) is 10. The van der Waals surface area contributed by atoms with E-state index in [0.29, 0.717) is 0 Å². The van der Waals surface area contributed by atoms with Crippen LogP contribution < -0.4 is 0 Å². The summed E-state index contributed by atoms with van der Waals surface area (Å²) in [5, 5.41) is 9.25. The van der Waals surface area contributed by atoms with Gasteiger partial charge < -0.3 is 5.11 Å². The van der Waals surface area contributed by atoms with Crippen molar-refractivity contribution >= 4 is 35.2 Å². The molecule has 3 heteroatoms. The van der Waals surface area contributed by atoms with Crippen LogP contribution in [0.3, 0.4) is 0 Å². The summed E-state index contributed by atoms with van der Waals surface area (Å²) in [6, 6.07) is 0. The Labute approximate surface area is 154 Å². The number of hydrogen-bond acceptors (Lipinski definition) is 1. The van der Waals surface area contributed by atoms with Gasteiger partial charge in [0.25, 0.3) is 0 Å². The van der Waals surface area contributed by atoms with Crippen molar-refractivity contribution in [3.8, 4) is 0 Å². The zero-order chi connectivity index (χ0) is 17.8. The number of aliphatic carboxylic acids is 1. The van der Waals surface area contributed by atoms with E-state index in [9.17, 15) is 9.90 Å². The van der Waals surface area contributed by atoms with Crippen LogP contribution in [0.4, 0.5) is 0 Å². The molecular formula is C20H40O2Sn. The van der Waals surface area contributed by atoms with Crippen LogP contribution in [0.25, 0.3) is 0 Å². The van der Waals surface area contributed by atoms with E-state index in [0.717, 1.165) is 25.7 Å². The minimum atomic E-state index is -0.577. The summed E-state index contributed by atoms with van der Waals surface area (Å²) >= 11 is -0.270. The molecule has 0 unspecified atom stereocenters. The first-order valence-electron chi connectivity index (χ1n) is 9.65. The number of carbonyl (C=O) groups is 1. The van der Waals surface area contributed by atoms with Gasteiger partial charge in [-0.05, 0) is 12.8 Å². The molecule has 0 amide bonds. The molecule has 1 N–H and O–H groups in total. The van der Waals surface area contributed by atoms with Crippen molar-refractivity contribution in [3.05, 3.63) is 0 Å². The molecule has 0 aliphatic rings. The summed E-state index contributed by atoms with van der Waals surface area (Å²) in [5.41, 5.74) is 0. The molecule has 0 heterocycles. The second kappa shape index (κ2) is 22.0. The van der Waals surface area contributed by atoms with Gasteiger partial charge in [-0.3, -0.25) is 4.79 Å². The van der Waals surface area contributed by atoms with Gasteiger partial charge in [-0.2, -0.15) is 0 Å². The van der Waals surface area contributed by atoms with Crippen molar-refractivity contribution in [2.75, 3.05) is 0 Å². The zero-order valence-electron chi connectivity index (χ0n) is 15.7. The fourth-order valence-corrected chi connectivity index (χ4v) is 2.73. The number of carboxylic acids is 1. The molecule has 0 spiro atoms. The predicted molar refractivity (Wildman–Crippen MR) is 107 cm³/mol. The molecule has 0 bridgehead atoms. The summed E-state index contributed by atoms with van der Waals surface area (Å²) in [5.74, 6) is -0.667. The molecule has 0 radical (unpaired) electrons. The van der Waals surface area contributed by atoms with Crippen molar-refractivity contribution in [1.82, 2.24) is 0 Å². The van der Waals surface area contributed by atoms with Gasteiger partial charge in [0.05, 0.1) is 5.92 Å². The molecule has 0 aromatic heterocycles. The van der Waals surface area contributed by atoms with E-state index in [4.69, 9.17) is 0 Å². The number of carboxylic acid groups (broad SMARTS) is 1. The van der Waals surface area contributed by atoms with Crippen LogP contribution in [0.2, 0.25) is 0 Å². The number of hydrogen-bond donors (Lipinski definition) is 1. The van der Waals surface area contributed by atoms with Gasteiger partial charge in [0.2, 0.25) is 0 Å². The Morgan fingerprint density at radius 1 is 0.783 bits per heavy atom. The second-order valence-corrected chi connectivity index (χ2v) is 7.83. The van der Waals surface area contributed by atoms with Gasteiger partial charge in [-0.15, -0.1) is 0 Å². The molecule has 0 aliphatic heterocycles. The topological polar surface area (TPSA) is 37.3 Å². The fraction of sp³-hybridized carbons (Fsp3) is 0.850. The van der Waals surface area contributed by atoms with Crippen LogP contribution in [0.5, 0.6) is 0 Å². The summed E-state index contributed by atoms with van der Waals surface area (Å²) in [7, 11) is 0. The first-order chi connectivity index (χ1) is 11.1. The van der Waals surface area contributed by atoms with Gasteiger partial charge in [-0.25, -0.2) is 0 Å². The third-order valence-corrected chi connectivity index (χ3v) is 4.16. The molecule has 0 atom stereocenters. The molecular weight excluding hydrogens is 391 g/mol. The Morgan fingerprint density at radius 3 is 1.39 bits per heavy atom. The SMILES string of the molecule is CCCCCCCCC(CCCCCCCC)C(=O)O.[CH2]=[Sn]=[CH2]. The van der Waals surface area contributed by atoms with E-state index < -0.39 is 5.97 Å². The Hall–Kier alpha value is 0.00870. The van der Waals surface area contributed by atoms with Crippen molar-refractivity contribution in [1.29, 1.82) is 0 Å². The van der Waals surface area contributed by atoms with Crippen LogP contribution in [0.15, 0.2) is 0 Å². The van der Waals surface area contributed by atoms with E-state index in [-0.39, 0.29) is 26.1 Å². The Balaban J connectivity index is 0. The van der Waals surface area contributed by atoms with Crippen LogP contribution in [-0.4, -0.2) is 40.3 Å². The molecule has 23 heavy (non-hydrogen) atoms. The minimum absolute atomic E-state index is 0.0904. The molecule has 0 saturated heterocycles. The Kier molecular flexibility index (Phi) is 24.2. The van der Waals surface area contributed by atoms with E-state index in [1.165, 1.54) is 64.2 Å². The van der Waals surface area contributed by atoms with E-state index in [1.54, 1.807) is 0 Å². The van der Waals surface area contributed by atoms with Crippen molar-refractivity contribution in [3.63, 3.8) is 0 Å². The monoisotopic (exact) mass is 432 g/mol. The van der Waals surface area contributed by atoms with Crippen LogP contribution in [0, 0.1) is 5.92 Å². The third-order valence-electron chi connectivity index (χ3n) is 4.16. The maximum atomic E-state index is 11.2. The maximum absolute atomic E-state index is 11.2. The summed E-state index contributed by atoms with van der Waals surface area (Å²) in [4.78, 5) is 11.2. The van der Waals surface area contributed by atoms with Gasteiger partial charge >= 0.3 is 35.2 Å². The first-order valence-corrected chi connectivity index (χ1v) is 13.7. The third kappa shape index (κ3) is 22.0. The quantitative estimate of drug-likeness (QED) is 0.265. The average molecular weight is 431 g/mol. The molecule has 0 fully saturated rings. The zero-order valence-corrected chi connectivity index (χ0v) is 18.6. The van der Waals surface area contributed by atoms with Gasteiger partial charge in [-0.1, -0.05) is 90.9 Å².